The van der Waals surface area contributed by atoms with Crippen molar-refractivity contribution in [1.29, 1.82) is 0 Å². The van der Waals surface area contributed by atoms with E-state index in [1.165, 1.54) is 22.3 Å². The van der Waals surface area contributed by atoms with Gasteiger partial charge in [0, 0.05) is 0 Å². The molecule has 1 aliphatic carbocycles. The molecule has 0 bridgehead atoms. The first-order valence-electron chi connectivity index (χ1n) is 12.4. The normalized spacial score (nSPS) is 21.1. The smallest absolute Gasteiger partial charge is 0.152 e. The van der Waals surface area contributed by atoms with Gasteiger partial charge < -0.3 is 5.11 Å². The number of allylic oxidation sites excluding steroid dienone is 19. The van der Waals surface area contributed by atoms with Crippen molar-refractivity contribution in [3.63, 3.8) is 0 Å². The molecule has 2 heteroatoms. The zero-order valence-corrected chi connectivity index (χ0v) is 22.9. The highest BCUT2D eigenvalue weighted by Gasteiger charge is 2.31. The van der Waals surface area contributed by atoms with E-state index in [0.717, 1.165) is 24.0 Å². The van der Waals surface area contributed by atoms with Crippen molar-refractivity contribution in [3.05, 3.63) is 119 Å². The summed E-state index contributed by atoms with van der Waals surface area (Å²) in [6, 6.07) is 0. The topological polar surface area (TPSA) is 37.3 Å². The predicted molar refractivity (Wildman–Crippen MR) is 153 cm³/mol. The quantitative estimate of drug-likeness (QED) is 0.255. The number of carbonyl (C=O) groups is 1. The van der Waals surface area contributed by atoms with Gasteiger partial charge in [-0.05, 0) is 71.4 Å². The lowest BCUT2D eigenvalue weighted by atomic mass is 9.71. The lowest BCUT2D eigenvalue weighted by Gasteiger charge is -2.35. The summed E-state index contributed by atoms with van der Waals surface area (Å²) in [5.74, 6) is 0.0538. The van der Waals surface area contributed by atoms with Gasteiger partial charge >= 0.3 is 0 Å². The van der Waals surface area contributed by atoms with Gasteiger partial charge in [-0.15, -0.1) is 0 Å². The Bertz CT molecular complexity index is 1040. The second-order valence-corrected chi connectivity index (χ2v) is 10.2. The van der Waals surface area contributed by atoms with Gasteiger partial charge in [-0.3, -0.25) is 4.79 Å². The highest BCUT2D eigenvalue weighted by molar-refractivity contribution is 5.87. The van der Waals surface area contributed by atoms with Gasteiger partial charge in [0.15, 0.2) is 5.78 Å². The Morgan fingerprint density at radius 1 is 0.743 bits per heavy atom. The van der Waals surface area contributed by atoms with Crippen LogP contribution < -0.4 is 0 Å². The molecule has 0 aliphatic heterocycles. The lowest BCUT2D eigenvalue weighted by molar-refractivity contribution is -0.112. The SMILES string of the molecule is CC(=O)/C=C/C(C)=C/C=C/C(C)=C/C=C/C=C(C)/C=C/C=C(C)/C=C/C1=C(C)C[C@H](O)CC1(C)C. The third-order valence-electron chi connectivity index (χ3n) is 5.84. The van der Waals surface area contributed by atoms with E-state index in [9.17, 15) is 9.90 Å². The van der Waals surface area contributed by atoms with Crippen LogP contribution in [0.4, 0.5) is 0 Å². The average molecular weight is 473 g/mol. The van der Waals surface area contributed by atoms with Crippen LogP contribution in [-0.2, 0) is 4.79 Å². The molecule has 0 aromatic rings. The first kappa shape index (κ1) is 30.1. The fraction of sp³-hybridized carbons (Fsp3) is 0.364. The molecule has 0 saturated heterocycles. The van der Waals surface area contributed by atoms with Crippen molar-refractivity contribution < 1.29 is 9.90 Å². The molecular formula is C33H44O2. The summed E-state index contributed by atoms with van der Waals surface area (Å²) in [7, 11) is 0. The fourth-order valence-corrected chi connectivity index (χ4v) is 3.98. The molecule has 0 aromatic carbocycles. The third-order valence-corrected chi connectivity index (χ3v) is 5.84. The van der Waals surface area contributed by atoms with Crippen LogP contribution in [0, 0.1) is 5.41 Å². The summed E-state index contributed by atoms with van der Waals surface area (Å²) in [6.45, 7) is 16.3. The summed E-state index contributed by atoms with van der Waals surface area (Å²) < 4.78 is 0. The van der Waals surface area contributed by atoms with E-state index in [0.29, 0.717) is 0 Å². The summed E-state index contributed by atoms with van der Waals surface area (Å²) in [4.78, 5) is 11.0. The molecular weight excluding hydrogens is 428 g/mol. The van der Waals surface area contributed by atoms with Crippen LogP contribution >= 0.6 is 0 Å². The first-order chi connectivity index (χ1) is 16.4. The highest BCUT2D eigenvalue weighted by Crippen LogP contribution is 2.41. The molecule has 1 rings (SSSR count). The maximum absolute atomic E-state index is 11.0. The molecule has 0 fully saturated rings. The number of aliphatic hydroxyl groups excluding tert-OH is 1. The van der Waals surface area contributed by atoms with Crippen LogP contribution in [0.3, 0.4) is 0 Å². The lowest BCUT2D eigenvalue weighted by Crippen LogP contribution is -2.28. The van der Waals surface area contributed by atoms with Crippen LogP contribution in [0.2, 0.25) is 0 Å². The molecule has 1 atom stereocenters. The first-order valence-corrected chi connectivity index (χ1v) is 12.4. The molecule has 1 aliphatic rings. The maximum Gasteiger partial charge on any atom is 0.152 e. The van der Waals surface area contributed by atoms with E-state index in [-0.39, 0.29) is 17.3 Å². The molecule has 0 saturated carbocycles. The van der Waals surface area contributed by atoms with E-state index in [4.69, 9.17) is 0 Å². The monoisotopic (exact) mass is 472 g/mol. The predicted octanol–water partition coefficient (Wildman–Crippen LogP) is 8.64. The minimum absolute atomic E-state index is 0.00584. The van der Waals surface area contributed by atoms with E-state index in [1.807, 2.05) is 43.4 Å². The van der Waals surface area contributed by atoms with E-state index in [2.05, 4.69) is 84.1 Å². The van der Waals surface area contributed by atoms with Crippen LogP contribution in [0.1, 0.15) is 68.2 Å². The van der Waals surface area contributed by atoms with Crippen LogP contribution in [0.5, 0.6) is 0 Å². The number of ketones is 1. The zero-order chi connectivity index (χ0) is 26.4. The maximum atomic E-state index is 11.0. The minimum atomic E-state index is -0.227. The standard InChI is InChI=1S/C33H44O2/c1-25(15-11-17-27(3)19-21-30(6)34)13-9-10-14-26(2)16-12-18-28(4)20-22-32-29(5)23-31(35)24-33(32,7)8/h9-22,31,35H,23-24H2,1-8H3/b10-9+,15-11+,16-12+,21-19+,22-20+,25-13+,26-14+,27-17+,28-18+/t31-/m0/s1. The van der Waals surface area contributed by atoms with Gasteiger partial charge in [-0.1, -0.05) is 121 Å². The second-order valence-electron chi connectivity index (χ2n) is 10.2. The summed E-state index contributed by atoms with van der Waals surface area (Å²) in [5.41, 5.74) is 7.18. The Balaban J connectivity index is 2.66. The van der Waals surface area contributed by atoms with Gasteiger partial charge in [0.05, 0.1) is 6.10 Å². The van der Waals surface area contributed by atoms with Crippen molar-refractivity contribution in [1.82, 2.24) is 0 Å². The van der Waals surface area contributed by atoms with Crippen molar-refractivity contribution in [2.75, 3.05) is 0 Å². The van der Waals surface area contributed by atoms with Crippen molar-refractivity contribution in [3.8, 4) is 0 Å². The van der Waals surface area contributed by atoms with Gasteiger partial charge in [0.2, 0.25) is 0 Å². The number of aliphatic hydroxyl groups is 1. The van der Waals surface area contributed by atoms with Crippen LogP contribution in [-0.4, -0.2) is 17.0 Å². The highest BCUT2D eigenvalue weighted by atomic mass is 16.3. The van der Waals surface area contributed by atoms with Gasteiger partial charge in [-0.25, -0.2) is 0 Å². The van der Waals surface area contributed by atoms with Crippen LogP contribution in [0.25, 0.3) is 0 Å². The van der Waals surface area contributed by atoms with Crippen molar-refractivity contribution in [2.45, 2.75) is 74.3 Å². The molecule has 0 heterocycles. The molecule has 0 spiro atoms. The Morgan fingerprint density at radius 3 is 1.69 bits per heavy atom. The van der Waals surface area contributed by atoms with E-state index in [1.54, 1.807) is 13.0 Å². The summed E-state index contributed by atoms with van der Waals surface area (Å²) in [6.07, 6.45) is 29.7. The molecule has 2 nitrogen and oxygen atoms in total. The van der Waals surface area contributed by atoms with Gasteiger partial charge in [0.1, 0.15) is 0 Å². The molecule has 188 valence electrons. The van der Waals surface area contributed by atoms with E-state index >= 15 is 0 Å². The number of carbonyl (C=O) groups excluding carboxylic acids is 1. The Kier molecular flexibility index (Phi) is 13.0. The van der Waals surface area contributed by atoms with Crippen LogP contribution in [0.15, 0.2) is 119 Å². The molecule has 0 radical (unpaired) electrons. The second kappa shape index (κ2) is 15.1. The molecule has 1 N–H and O–H groups in total. The molecule has 0 amide bonds. The summed E-state index contributed by atoms with van der Waals surface area (Å²) >= 11 is 0. The average Bonchev–Trinajstić information content (AvgIpc) is 2.74. The number of hydrogen-bond acceptors (Lipinski definition) is 2. The van der Waals surface area contributed by atoms with Crippen molar-refractivity contribution >= 4 is 5.78 Å². The minimum Gasteiger partial charge on any atom is -0.393 e. The third kappa shape index (κ3) is 12.9. The fourth-order valence-electron chi connectivity index (χ4n) is 3.98. The Labute approximate surface area is 213 Å². The summed E-state index contributed by atoms with van der Waals surface area (Å²) in [5, 5.41) is 10.1. The van der Waals surface area contributed by atoms with E-state index < -0.39 is 0 Å². The largest absolute Gasteiger partial charge is 0.393 e. The number of rotatable bonds is 10. The number of hydrogen-bond donors (Lipinski definition) is 1. The molecule has 35 heavy (non-hydrogen) atoms. The Hall–Kier alpha value is -2.97. The molecule has 0 aromatic heterocycles. The molecule has 0 unspecified atom stereocenters. The van der Waals surface area contributed by atoms with Gasteiger partial charge in [0.25, 0.3) is 0 Å². The van der Waals surface area contributed by atoms with Gasteiger partial charge in [-0.2, -0.15) is 0 Å². The zero-order valence-electron chi connectivity index (χ0n) is 22.9. The van der Waals surface area contributed by atoms with Crippen molar-refractivity contribution in [2.24, 2.45) is 5.41 Å². The Morgan fingerprint density at radius 2 is 1.20 bits per heavy atom.